The van der Waals surface area contributed by atoms with E-state index in [1.165, 1.54) is 0 Å². The molecule has 0 amide bonds. The highest BCUT2D eigenvalue weighted by molar-refractivity contribution is 9.10. The third-order valence-corrected chi connectivity index (χ3v) is 3.45. The summed E-state index contributed by atoms with van der Waals surface area (Å²) in [7, 11) is 1.70. The summed E-state index contributed by atoms with van der Waals surface area (Å²) in [5.74, 6) is 1.60. The third kappa shape index (κ3) is 3.64. The Bertz CT molecular complexity index is 371. The third-order valence-electron chi connectivity index (χ3n) is 2.50. The fraction of sp³-hybridized carbons (Fsp3) is 0.667. The van der Waals surface area contributed by atoms with Gasteiger partial charge in [-0.2, -0.15) is 0 Å². The van der Waals surface area contributed by atoms with Gasteiger partial charge in [-0.3, -0.25) is 0 Å². The largest absolute Gasteiger partial charge is 0.373 e. The molecule has 5 heteroatoms. The van der Waals surface area contributed by atoms with Crippen molar-refractivity contribution in [1.82, 2.24) is 9.97 Å². The fourth-order valence-corrected chi connectivity index (χ4v) is 1.94. The molecule has 0 spiro atoms. The van der Waals surface area contributed by atoms with Gasteiger partial charge in [0.1, 0.15) is 11.9 Å². The average molecular weight is 302 g/mol. The van der Waals surface area contributed by atoms with Gasteiger partial charge >= 0.3 is 0 Å². The van der Waals surface area contributed by atoms with Crippen LogP contribution >= 0.6 is 15.9 Å². The molecule has 0 saturated heterocycles. The molecule has 0 aliphatic rings. The molecular weight excluding hydrogens is 282 g/mol. The molecule has 0 aliphatic heterocycles. The van der Waals surface area contributed by atoms with E-state index in [0.717, 1.165) is 41.2 Å². The van der Waals surface area contributed by atoms with Crippen molar-refractivity contribution in [2.45, 2.75) is 39.7 Å². The maximum absolute atomic E-state index is 5.44. The molecule has 0 aliphatic carbocycles. The molecule has 1 N–H and O–H groups in total. The lowest BCUT2D eigenvalue weighted by molar-refractivity contribution is 0.0875. The highest BCUT2D eigenvalue weighted by atomic mass is 79.9. The number of methoxy groups -OCH3 is 1. The minimum Gasteiger partial charge on any atom is -0.373 e. The van der Waals surface area contributed by atoms with Crippen molar-refractivity contribution < 1.29 is 4.74 Å². The van der Waals surface area contributed by atoms with Gasteiger partial charge in [-0.1, -0.05) is 13.3 Å². The molecule has 17 heavy (non-hydrogen) atoms. The molecule has 0 bridgehead atoms. The van der Waals surface area contributed by atoms with Crippen molar-refractivity contribution in [2.75, 3.05) is 19.0 Å². The minimum absolute atomic E-state index is 0.0239. The smallest absolute Gasteiger partial charge is 0.159 e. The van der Waals surface area contributed by atoms with Crippen LogP contribution in [0.1, 0.15) is 44.3 Å². The van der Waals surface area contributed by atoms with Crippen LogP contribution in [0.2, 0.25) is 0 Å². The van der Waals surface area contributed by atoms with Crippen molar-refractivity contribution in [3.05, 3.63) is 16.0 Å². The molecule has 4 nitrogen and oxygen atoms in total. The number of rotatable bonds is 6. The standard InChI is InChI=1S/C12H20BrN3O/c1-5-7-9(17-4)11-15-8(3)10(13)12(16-11)14-6-2/h9H,5-7H2,1-4H3,(H,14,15,16). The van der Waals surface area contributed by atoms with Crippen LogP contribution < -0.4 is 5.32 Å². The molecule has 1 heterocycles. The van der Waals surface area contributed by atoms with Crippen molar-refractivity contribution in [1.29, 1.82) is 0 Å². The van der Waals surface area contributed by atoms with Gasteiger partial charge in [-0.05, 0) is 36.2 Å². The summed E-state index contributed by atoms with van der Waals surface area (Å²) < 4.78 is 6.36. The number of hydrogen-bond donors (Lipinski definition) is 1. The molecule has 0 fully saturated rings. The summed E-state index contributed by atoms with van der Waals surface area (Å²) in [6.07, 6.45) is 1.96. The van der Waals surface area contributed by atoms with E-state index in [1.54, 1.807) is 7.11 Å². The minimum atomic E-state index is -0.0239. The molecule has 1 aromatic rings. The second-order valence-corrected chi connectivity index (χ2v) is 4.67. The van der Waals surface area contributed by atoms with Gasteiger partial charge in [0.2, 0.25) is 0 Å². The SMILES string of the molecule is CCCC(OC)c1nc(C)c(Br)c(NCC)n1. The summed E-state index contributed by atoms with van der Waals surface area (Å²) in [6, 6.07) is 0. The highest BCUT2D eigenvalue weighted by Gasteiger charge is 2.16. The van der Waals surface area contributed by atoms with Crippen LogP contribution in [-0.2, 0) is 4.74 Å². The first kappa shape index (κ1) is 14.4. The maximum atomic E-state index is 5.44. The van der Waals surface area contributed by atoms with Gasteiger partial charge in [-0.15, -0.1) is 0 Å². The van der Waals surface area contributed by atoms with Crippen molar-refractivity contribution in [2.24, 2.45) is 0 Å². The molecule has 0 aromatic carbocycles. The number of nitrogens with one attached hydrogen (secondary N) is 1. The van der Waals surface area contributed by atoms with Gasteiger partial charge in [-0.25, -0.2) is 9.97 Å². The Morgan fingerprint density at radius 1 is 1.35 bits per heavy atom. The summed E-state index contributed by atoms with van der Waals surface area (Å²) in [6.45, 7) is 6.97. The monoisotopic (exact) mass is 301 g/mol. The quantitative estimate of drug-likeness (QED) is 0.874. The van der Waals surface area contributed by atoms with Gasteiger partial charge in [0.25, 0.3) is 0 Å². The van der Waals surface area contributed by atoms with E-state index in [4.69, 9.17) is 4.74 Å². The van der Waals surface area contributed by atoms with E-state index in [1.807, 2.05) is 13.8 Å². The second-order valence-electron chi connectivity index (χ2n) is 3.87. The zero-order chi connectivity index (χ0) is 12.8. The van der Waals surface area contributed by atoms with Crippen LogP contribution in [0.15, 0.2) is 4.47 Å². The van der Waals surface area contributed by atoms with Crippen LogP contribution in [0, 0.1) is 6.92 Å². The summed E-state index contributed by atoms with van der Waals surface area (Å²) in [5.41, 5.74) is 0.934. The number of aromatic nitrogens is 2. The fourth-order valence-electron chi connectivity index (χ4n) is 1.62. The summed E-state index contributed by atoms with van der Waals surface area (Å²) in [4.78, 5) is 9.00. The van der Waals surface area contributed by atoms with E-state index >= 15 is 0 Å². The van der Waals surface area contributed by atoms with E-state index < -0.39 is 0 Å². The van der Waals surface area contributed by atoms with E-state index in [9.17, 15) is 0 Å². The van der Waals surface area contributed by atoms with E-state index in [-0.39, 0.29) is 6.10 Å². The highest BCUT2D eigenvalue weighted by Crippen LogP contribution is 2.27. The van der Waals surface area contributed by atoms with Gasteiger partial charge in [0.15, 0.2) is 5.82 Å². The Balaban J connectivity index is 3.07. The first-order valence-corrected chi connectivity index (χ1v) is 6.74. The summed E-state index contributed by atoms with van der Waals surface area (Å²) >= 11 is 3.50. The summed E-state index contributed by atoms with van der Waals surface area (Å²) in [5, 5.41) is 3.22. The maximum Gasteiger partial charge on any atom is 0.159 e. The molecule has 1 aromatic heterocycles. The van der Waals surface area contributed by atoms with Crippen LogP contribution in [0.5, 0.6) is 0 Å². The van der Waals surface area contributed by atoms with Gasteiger partial charge in [0, 0.05) is 13.7 Å². The lowest BCUT2D eigenvalue weighted by Crippen LogP contribution is -2.11. The van der Waals surface area contributed by atoms with Crippen LogP contribution in [0.3, 0.4) is 0 Å². The Morgan fingerprint density at radius 3 is 2.59 bits per heavy atom. The number of anilines is 1. The van der Waals surface area contributed by atoms with E-state index in [0.29, 0.717) is 0 Å². The zero-order valence-corrected chi connectivity index (χ0v) is 12.5. The molecule has 96 valence electrons. The number of aryl methyl sites for hydroxylation is 1. The Labute approximate surface area is 111 Å². The predicted octanol–water partition coefficient (Wildman–Crippen LogP) is 3.47. The molecule has 1 rings (SSSR count). The first-order chi connectivity index (χ1) is 8.13. The Kier molecular flexibility index (Phi) is 5.85. The molecule has 1 unspecified atom stereocenters. The van der Waals surface area contributed by atoms with Crippen LogP contribution in [0.4, 0.5) is 5.82 Å². The topological polar surface area (TPSA) is 47.0 Å². The van der Waals surface area contributed by atoms with E-state index in [2.05, 4.69) is 38.1 Å². The average Bonchev–Trinajstić information content (AvgIpc) is 2.32. The molecular formula is C12H20BrN3O. The van der Waals surface area contributed by atoms with Crippen LogP contribution in [-0.4, -0.2) is 23.6 Å². The van der Waals surface area contributed by atoms with Gasteiger partial charge < -0.3 is 10.1 Å². The molecule has 1 atom stereocenters. The number of ether oxygens (including phenoxy) is 1. The lowest BCUT2D eigenvalue weighted by Gasteiger charge is -2.16. The van der Waals surface area contributed by atoms with Crippen molar-refractivity contribution in [3.8, 4) is 0 Å². The normalized spacial score (nSPS) is 12.5. The predicted molar refractivity (Wildman–Crippen MR) is 73.3 cm³/mol. The van der Waals surface area contributed by atoms with Gasteiger partial charge in [0.05, 0.1) is 10.2 Å². The Hall–Kier alpha value is -0.680. The number of hydrogen-bond acceptors (Lipinski definition) is 4. The first-order valence-electron chi connectivity index (χ1n) is 5.94. The zero-order valence-electron chi connectivity index (χ0n) is 10.9. The second kappa shape index (κ2) is 6.91. The lowest BCUT2D eigenvalue weighted by atomic mass is 10.2. The van der Waals surface area contributed by atoms with Crippen LogP contribution in [0.25, 0.3) is 0 Å². The van der Waals surface area contributed by atoms with Crippen molar-refractivity contribution >= 4 is 21.7 Å². The number of halogens is 1. The molecule has 0 radical (unpaired) electrons. The number of nitrogens with zero attached hydrogens (tertiary/aromatic N) is 2. The Morgan fingerprint density at radius 2 is 2.06 bits per heavy atom. The molecule has 0 saturated carbocycles. The van der Waals surface area contributed by atoms with Crippen molar-refractivity contribution in [3.63, 3.8) is 0 Å².